The third-order valence-electron chi connectivity index (χ3n) is 4.70. The van der Waals surface area contributed by atoms with Gasteiger partial charge in [-0.15, -0.1) is 12.4 Å². The summed E-state index contributed by atoms with van der Waals surface area (Å²) in [6.07, 6.45) is 4.52. The molecule has 0 bridgehead atoms. The van der Waals surface area contributed by atoms with Crippen molar-refractivity contribution in [2.45, 2.75) is 55.5 Å². The highest BCUT2D eigenvalue weighted by Crippen LogP contribution is 2.27. The van der Waals surface area contributed by atoms with E-state index in [2.05, 4.69) is 5.32 Å². The molecule has 1 aromatic carbocycles. The van der Waals surface area contributed by atoms with E-state index in [-0.39, 0.29) is 29.3 Å². The molecule has 1 amide bonds. The first-order valence-electron chi connectivity index (χ1n) is 8.29. The van der Waals surface area contributed by atoms with Crippen LogP contribution in [0.25, 0.3) is 0 Å². The highest BCUT2D eigenvalue weighted by Gasteiger charge is 2.35. The van der Waals surface area contributed by atoms with Crippen LogP contribution in [-0.2, 0) is 14.8 Å². The summed E-state index contributed by atoms with van der Waals surface area (Å²) < 4.78 is 25.3. The lowest BCUT2D eigenvalue weighted by atomic mass is 9.81. The quantitative estimate of drug-likeness (QED) is 0.807. The minimum absolute atomic E-state index is 0. The van der Waals surface area contributed by atoms with Gasteiger partial charge in [-0.25, -0.2) is 12.7 Å². The van der Waals surface area contributed by atoms with Gasteiger partial charge in [0, 0.05) is 14.1 Å². The molecule has 3 N–H and O–H groups in total. The molecule has 0 radical (unpaired) electrons. The second-order valence-corrected chi connectivity index (χ2v) is 8.92. The summed E-state index contributed by atoms with van der Waals surface area (Å²) in [6.45, 7) is 1.87. The molecule has 0 aromatic heterocycles. The van der Waals surface area contributed by atoms with Crippen molar-refractivity contribution in [3.63, 3.8) is 0 Å². The Labute approximate surface area is 156 Å². The molecule has 6 nitrogen and oxygen atoms in total. The first kappa shape index (κ1) is 21.9. The van der Waals surface area contributed by atoms with E-state index < -0.39 is 15.6 Å². The van der Waals surface area contributed by atoms with E-state index >= 15 is 0 Å². The molecular formula is C17H28ClN3O3S. The summed E-state index contributed by atoms with van der Waals surface area (Å²) in [4.78, 5) is 12.7. The molecule has 1 aliphatic rings. The summed E-state index contributed by atoms with van der Waals surface area (Å²) in [7, 11) is -0.449. The fourth-order valence-electron chi connectivity index (χ4n) is 2.97. The maximum absolute atomic E-state index is 12.5. The fraction of sp³-hybridized carbons (Fsp3) is 0.588. The van der Waals surface area contributed by atoms with Gasteiger partial charge in [0.2, 0.25) is 15.9 Å². The van der Waals surface area contributed by atoms with E-state index in [1.807, 2.05) is 6.92 Å². The van der Waals surface area contributed by atoms with Gasteiger partial charge in [-0.05, 0) is 37.5 Å². The normalized spacial score (nSPS) is 18.3. The van der Waals surface area contributed by atoms with Crippen molar-refractivity contribution in [3.8, 4) is 0 Å². The molecule has 2 rings (SSSR count). The second kappa shape index (κ2) is 8.49. The van der Waals surface area contributed by atoms with E-state index in [0.29, 0.717) is 12.8 Å². The van der Waals surface area contributed by atoms with Crippen molar-refractivity contribution >= 4 is 28.3 Å². The van der Waals surface area contributed by atoms with Crippen molar-refractivity contribution in [2.24, 2.45) is 5.73 Å². The second-order valence-electron chi connectivity index (χ2n) is 6.77. The maximum Gasteiger partial charge on any atom is 0.242 e. The molecule has 0 heterocycles. The predicted molar refractivity (Wildman–Crippen MR) is 101 cm³/mol. The van der Waals surface area contributed by atoms with Crippen LogP contribution in [0.1, 0.15) is 50.6 Å². The van der Waals surface area contributed by atoms with Crippen LogP contribution in [0.4, 0.5) is 0 Å². The zero-order valence-electron chi connectivity index (χ0n) is 15.0. The maximum atomic E-state index is 12.5. The fourth-order valence-corrected chi connectivity index (χ4v) is 3.87. The van der Waals surface area contributed by atoms with Gasteiger partial charge in [-0.2, -0.15) is 0 Å². The standard InChI is InChI=1S/C17H27N3O3S.ClH/c1-13(19-16(21)17(18)11-5-4-6-12-17)14-7-9-15(10-8-14)24(22,23)20(2)3;/h7-10,13H,4-6,11-12,18H2,1-3H3,(H,19,21);1H. The Bertz CT molecular complexity index is 684. The molecular weight excluding hydrogens is 362 g/mol. The summed E-state index contributed by atoms with van der Waals surface area (Å²) in [6, 6.07) is 6.35. The lowest BCUT2D eigenvalue weighted by molar-refractivity contribution is -0.128. The number of amides is 1. The van der Waals surface area contributed by atoms with Crippen molar-refractivity contribution in [2.75, 3.05) is 14.1 Å². The van der Waals surface area contributed by atoms with Crippen molar-refractivity contribution in [1.29, 1.82) is 0 Å². The number of nitrogens with two attached hydrogens (primary N) is 1. The summed E-state index contributed by atoms with van der Waals surface area (Å²) in [5.41, 5.74) is 6.32. The minimum Gasteiger partial charge on any atom is -0.348 e. The van der Waals surface area contributed by atoms with Gasteiger partial charge in [-0.1, -0.05) is 31.4 Å². The van der Waals surface area contributed by atoms with Gasteiger partial charge in [0.25, 0.3) is 0 Å². The number of carbonyl (C=O) groups is 1. The Hall–Kier alpha value is -1.15. The van der Waals surface area contributed by atoms with E-state index in [9.17, 15) is 13.2 Å². The molecule has 142 valence electrons. The van der Waals surface area contributed by atoms with Gasteiger partial charge < -0.3 is 11.1 Å². The van der Waals surface area contributed by atoms with Gasteiger partial charge >= 0.3 is 0 Å². The zero-order valence-corrected chi connectivity index (χ0v) is 16.6. The Balaban J connectivity index is 0.00000312. The summed E-state index contributed by atoms with van der Waals surface area (Å²) in [5.74, 6) is -0.125. The van der Waals surface area contributed by atoms with Crippen molar-refractivity contribution in [1.82, 2.24) is 9.62 Å². The van der Waals surface area contributed by atoms with Crippen LogP contribution in [0.15, 0.2) is 29.2 Å². The molecule has 1 aliphatic carbocycles. The number of nitrogens with one attached hydrogen (secondary N) is 1. The van der Waals surface area contributed by atoms with E-state index in [1.165, 1.54) is 18.4 Å². The molecule has 8 heteroatoms. The molecule has 1 aromatic rings. The average molecular weight is 390 g/mol. The summed E-state index contributed by atoms with van der Waals surface area (Å²) in [5, 5.41) is 2.96. The molecule has 0 spiro atoms. The SMILES string of the molecule is CC(NC(=O)C1(N)CCCCC1)c1ccc(S(=O)(=O)N(C)C)cc1.Cl. The van der Waals surface area contributed by atoms with E-state index in [1.54, 1.807) is 24.3 Å². The molecule has 25 heavy (non-hydrogen) atoms. The molecule has 0 aliphatic heterocycles. The van der Waals surface area contributed by atoms with Crippen LogP contribution in [0.3, 0.4) is 0 Å². The Morgan fingerprint density at radius 3 is 2.16 bits per heavy atom. The number of rotatable bonds is 5. The van der Waals surface area contributed by atoms with E-state index in [0.717, 1.165) is 24.8 Å². The van der Waals surface area contributed by atoms with Gasteiger partial charge in [0.15, 0.2) is 0 Å². The molecule has 1 unspecified atom stereocenters. The van der Waals surface area contributed by atoms with Crippen LogP contribution in [0, 0.1) is 0 Å². The van der Waals surface area contributed by atoms with Crippen LogP contribution < -0.4 is 11.1 Å². The highest BCUT2D eigenvalue weighted by atomic mass is 35.5. The van der Waals surface area contributed by atoms with Gasteiger partial charge in [-0.3, -0.25) is 4.79 Å². The lowest BCUT2D eigenvalue weighted by Crippen LogP contribution is -2.55. The number of hydrogen-bond acceptors (Lipinski definition) is 4. The first-order chi connectivity index (χ1) is 11.2. The number of carbonyl (C=O) groups excluding carboxylic acids is 1. The lowest BCUT2D eigenvalue weighted by Gasteiger charge is -2.33. The van der Waals surface area contributed by atoms with Crippen molar-refractivity contribution in [3.05, 3.63) is 29.8 Å². The number of halogens is 1. The van der Waals surface area contributed by atoms with Crippen LogP contribution in [0.2, 0.25) is 0 Å². The molecule has 1 fully saturated rings. The predicted octanol–water partition coefficient (Wildman–Crippen LogP) is 2.20. The molecule has 1 atom stereocenters. The van der Waals surface area contributed by atoms with Crippen LogP contribution in [0.5, 0.6) is 0 Å². The number of hydrogen-bond donors (Lipinski definition) is 2. The summed E-state index contributed by atoms with van der Waals surface area (Å²) >= 11 is 0. The first-order valence-corrected chi connectivity index (χ1v) is 9.73. The van der Waals surface area contributed by atoms with Crippen molar-refractivity contribution < 1.29 is 13.2 Å². The Morgan fingerprint density at radius 1 is 1.16 bits per heavy atom. The third-order valence-corrected chi connectivity index (χ3v) is 6.53. The van der Waals surface area contributed by atoms with Gasteiger partial charge in [0.05, 0.1) is 16.5 Å². The van der Waals surface area contributed by atoms with E-state index in [4.69, 9.17) is 5.73 Å². The Kier molecular flexibility index (Phi) is 7.43. The Morgan fingerprint density at radius 2 is 1.68 bits per heavy atom. The highest BCUT2D eigenvalue weighted by molar-refractivity contribution is 7.89. The van der Waals surface area contributed by atoms with Gasteiger partial charge in [0.1, 0.15) is 0 Å². The van der Waals surface area contributed by atoms with Crippen LogP contribution >= 0.6 is 12.4 Å². The number of sulfonamides is 1. The largest absolute Gasteiger partial charge is 0.348 e. The smallest absolute Gasteiger partial charge is 0.242 e. The number of benzene rings is 1. The number of nitrogens with zero attached hydrogens (tertiary/aromatic N) is 1. The monoisotopic (exact) mass is 389 g/mol. The van der Waals surface area contributed by atoms with Crippen LogP contribution in [-0.4, -0.2) is 38.3 Å². The topological polar surface area (TPSA) is 92.5 Å². The third kappa shape index (κ3) is 4.94. The average Bonchev–Trinajstić information content (AvgIpc) is 2.55. The molecule has 1 saturated carbocycles. The molecule has 0 saturated heterocycles. The zero-order chi connectivity index (χ0) is 18.0. The minimum atomic E-state index is -3.44.